The Morgan fingerprint density at radius 3 is 2.95 bits per heavy atom. The van der Waals surface area contributed by atoms with Gasteiger partial charge in [0, 0.05) is 49.5 Å². The van der Waals surface area contributed by atoms with Crippen LogP contribution in [0, 0.1) is 23.7 Å². The monoisotopic (exact) mass is 515 g/mol. The average molecular weight is 516 g/mol. The molecule has 1 aromatic carbocycles. The van der Waals surface area contributed by atoms with Crippen molar-refractivity contribution in [2.24, 2.45) is 0 Å². The molecule has 192 valence electrons. The third-order valence-electron chi connectivity index (χ3n) is 6.76. The van der Waals surface area contributed by atoms with Crippen molar-refractivity contribution in [1.82, 2.24) is 34.5 Å². The molecule has 0 aliphatic carbocycles. The Morgan fingerprint density at radius 2 is 2.18 bits per heavy atom. The first-order valence-electron chi connectivity index (χ1n) is 12.0. The molecule has 1 aliphatic heterocycles. The summed E-state index contributed by atoms with van der Waals surface area (Å²) in [5.41, 5.74) is 2.15. The van der Waals surface area contributed by atoms with E-state index in [0.717, 1.165) is 17.0 Å². The number of rotatable bonds is 7. The molecular formula is C26H23F2N9O. The van der Waals surface area contributed by atoms with E-state index in [2.05, 4.69) is 31.0 Å². The molecule has 1 saturated heterocycles. The molecule has 1 aliphatic rings. The number of benzene rings is 1. The molecule has 3 aromatic heterocycles. The standard InChI is InChI=1S/C26H23F2N9O/c1-30-18-2-3-21(23(28)10-18)26(38)36-9-8-35(20(11-27)15-36)14-19(4-6-29)37-13-17(12-34-37)24-22-5-7-31-25(22)33-16-32-24/h2-3,5,7,10,12-13,16,19-20H,4,8-9,11,14-15H2,(H,31,32,33). The van der Waals surface area contributed by atoms with Crippen molar-refractivity contribution in [2.75, 3.05) is 32.9 Å². The number of H-pyrrole nitrogens is 1. The number of aromatic amines is 1. The lowest BCUT2D eigenvalue weighted by molar-refractivity contribution is 0.0370. The summed E-state index contributed by atoms with van der Waals surface area (Å²) in [6.07, 6.45) is 6.90. The number of fused-ring (bicyclic) bond motifs is 1. The minimum absolute atomic E-state index is 0.0788. The van der Waals surface area contributed by atoms with Gasteiger partial charge in [-0.05, 0) is 12.1 Å². The van der Waals surface area contributed by atoms with Gasteiger partial charge >= 0.3 is 0 Å². The van der Waals surface area contributed by atoms with Gasteiger partial charge in [0.2, 0.25) is 0 Å². The van der Waals surface area contributed by atoms with Crippen LogP contribution in [0.5, 0.6) is 0 Å². The number of aromatic nitrogens is 5. The van der Waals surface area contributed by atoms with Gasteiger partial charge in [0.05, 0.1) is 48.6 Å². The molecule has 1 fully saturated rings. The summed E-state index contributed by atoms with van der Waals surface area (Å²) in [6, 6.07) is 6.80. The fourth-order valence-electron chi connectivity index (χ4n) is 4.76. The number of carbonyl (C=O) groups is 1. The number of hydrogen-bond donors (Lipinski definition) is 1. The van der Waals surface area contributed by atoms with E-state index in [4.69, 9.17) is 6.57 Å². The van der Waals surface area contributed by atoms with E-state index in [9.17, 15) is 18.8 Å². The molecule has 2 unspecified atom stereocenters. The van der Waals surface area contributed by atoms with E-state index >= 15 is 0 Å². The summed E-state index contributed by atoms with van der Waals surface area (Å²) in [5.74, 6) is -1.31. The maximum atomic E-state index is 14.4. The fraction of sp³-hybridized carbons (Fsp3) is 0.308. The lowest BCUT2D eigenvalue weighted by Crippen LogP contribution is -2.56. The van der Waals surface area contributed by atoms with Gasteiger partial charge in [0.1, 0.15) is 24.5 Å². The smallest absolute Gasteiger partial charge is 0.256 e. The zero-order valence-corrected chi connectivity index (χ0v) is 20.3. The number of nitriles is 1. The molecule has 1 amide bonds. The second-order valence-electron chi connectivity index (χ2n) is 9.02. The molecule has 0 radical (unpaired) electrons. The van der Waals surface area contributed by atoms with Crippen LogP contribution in [0.3, 0.4) is 0 Å². The van der Waals surface area contributed by atoms with Crippen molar-refractivity contribution >= 4 is 22.6 Å². The Morgan fingerprint density at radius 1 is 1.32 bits per heavy atom. The van der Waals surface area contributed by atoms with Gasteiger partial charge in [-0.25, -0.2) is 23.6 Å². The molecule has 2 atom stereocenters. The molecule has 1 N–H and O–H groups in total. The molecule has 5 rings (SSSR count). The molecule has 4 aromatic rings. The number of alkyl halides is 1. The van der Waals surface area contributed by atoms with Crippen molar-refractivity contribution in [3.05, 3.63) is 72.0 Å². The number of nitrogens with one attached hydrogen (secondary N) is 1. The summed E-state index contributed by atoms with van der Waals surface area (Å²) in [7, 11) is 0. The van der Waals surface area contributed by atoms with Gasteiger partial charge in [-0.3, -0.25) is 14.4 Å². The molecule has 38 heavy (non-hydrogen) atoms. The van der Waals surface area contributed by atoms with Crippen LogP contribution in [0.2, 0.25) is 0 Å². The molecule has 0 bridgehead atoms. The lowest BCUT2D eigenvalue weighted by Gasteiger charge is -2.41. The van der Waals surface area contributed by atoms with Crippen molar-refractivity contribution in [1.29, 1.82) is 5.26 Å². The van der Waals surface area contributed by atoms with Crippen LogP contribution in [0.1, 0.15) is 22.8 Å². The molecule has 4 heterocycles. The molecule has 12 heteroatoms. The third kappa shape index (κ3) is 4.82. The largest absolute Gasteiger partial charge is 0.346 e. The van der Waals surface area contributed by atoms with Gasteiger partial charge < -0.3 is 9.88 Å². The summed E-state index contributed by atoms with van der Waals surface area (Å²) in [5, 5.41) is 14.8. The number of piperazine rings is 1. The normalized spacial score (nSPS) is 16.7. The first-order chi connectivity index (χ1) is 18.5. The number of hydrogen-bond acceptors (Lipinski definition) is 6. The van der Waals surface area contributed by atoms with Crippen LogP contribution in [0.25, 0.3) is 27.1 Å². The Balaban J connectivity index is 1.31. The first-order valence-corrected chi connectivity index (χ1v) is 12.0. The quantitative estimate of drug-likeness (QED) is 0.375. The molecule has 0 spiro atoms. The average Bonchev–Trinajstić information content (AvgIpc) is 3.62. The molecule has 0 saturated carbocycles. The Hall–Kier alpha value is -4.68. The molecular weight excluding hydrogens is 492 g/mol. The van der Waals surface area contributed by atoms with Crippen LogP contribution < -0.4 is 0 Å². The minimum atomic E-state index is -0.771. The number of amides is 1. The third-order valence-corrected chi connectivity index (χ3v) is 6.76. The number of nitrogens with zero attached hydrogens (tertiary/aromatic N) is 8. The van der Waals surface area contributed by atoms with Crippen LogP contribution in [0.15, 0.2) is 49.2 Å². The lowest BCUT2D eigenvalue weighted by atomic mass is 10.1. The van der Waals surface area contributed by atoms with Crippen molar-refractivity contribution < 1.29 is 13.6 Å². The van der Waals surface area contributed by atoms with Crippen LogP contribution in [0.4, 0.5) is 14.5 Å². The van der Waals surface area contributed by atoms with E-state index in [-0.39, 0.29) is 36.8 Å². The summed E-state index contributed by atoms with van der Waals surface area (Å²) in [4.78, 5) is 31.1. The summed E-state index contributed by atoms with van der Waals surface area (Å²) in [6.45, 7) is 7.34. The van der Waals surface area contributed by atoms with Crippen LogP contribution >= 0.6 is 0 Å². The van der Waals surface area contributed by atoms with Gasteiger partial charge in [0.25, 0.3) is 5.91 Å². The van der Waals surface area contributed by atoms with Crippen LogP contribution in [-0.4, -0.2) is 79.3 Å². The second kappa shape index (κ2) is 10.7. The Bertz CT molecular complexity index is 1550. The fourth-order valence-corrected chi connectivity index (χ4v) is 4.76. The highest BCUT2D eigenvalue weighted by molar-refractivity contribution is 5.95. The van der Waals surface area contributed by atoms with Crippen molar-refractivity contribution in [2.45, 2.75) is 18.5 Å². The highest BCUT2D eigenvalue weighted by Gasteiger charge is 2.32. The number of halogens is 2. The zero-order valence-electron chi connectivity index (χ0n) is 20.3. The van der Waals surface area contributed by atoms with E-state index in [0.29, 0.717) is 24.4 Å². The highest BCUT2D eigenvalue weighted by Crippen LogP contribution is 2.27. The highest BCUT2D eigenvalue weighted by atomic mass is 19.1. The van der Waals surface area contributed by atoms with Gasteiger partial charge in [0.15, 0.2) is 5.69 Å². The van der Waals surface area contributed by atoms with Gasteiger partial charge in [-0.1, -0.05) is 12.1 Å². The van der Waals surface area contributed by atoms with Crippen molar-refractivity contribution in [3.63, 3.8) is 0 Å². The molecule has 10 nitrogen and oxygen atoms in total. The summed E-state index contributed by atoms with van der Waals surface area (Å²) >= 11 is 0. The predicted molar refractivity (Wildman–Crippen MR) is 134 cm³/mol. The number of carbonyl (C=O) groups excluding carboxylic acids is 1. The SMILES string of the molecule is [C-]#[N+]c1ccc(C(=O)N2CCN(CC(CC#N)n3cc(-c4ncnc5[nH]ccc45)cn3)C(CF)C2)c(F)c1. The van der Waals surface area contributed by atoms with E-state index in [1.54, 1.807) is 17.1 Å². The van der Waals surface area contributed by atoms with E-state index in [1.807, 2.05) is 17.2 Å². The maximum Gasteiger partial charge on any atom is 0.256 e. The van der Waals surface area contributed by atoms with Gasteiger partial charge in [-0.2, -0.15) is 10.4 Å². The zero-order chi connectivity index (χ0) is 26.6. The van der Waals surface area contributed by atoms with E-state index in [1.165, 1.54) is 23.4 Å². The second-order valence-corrected chi connectivity index (χ2v) is 9.02. The Labute approximate surface area is 216 Å². The predicted octanol–water partition coefficient (Wildman–Crippen LogP) is 3.76. The van der Waals surface area contributed by atoms with Crippen LogP contribution in [-0.2, 0) is 0 Å². The summed E-state index contributed by atoms with van der Waals surface area (Å²) < 4.78 is 30.2. The topological polar surface area (TPSA) is 111 Å². The van der Waals surface area contributed by atoms with Crippen molar-refractivity contribution in [3.8, 4) is 17.3 Å². The van der Waals surface area contributed by atoms with E-state index < -0.39 is 24.4 Å². The first kappa shape index (κ1) is 25.0. The minimum Gasteiger partial charge on any atom is -0.346 e. The maximum absolute atomic E-state index is 14.4. The van der Waals surface area contributed by atoms with Gasteiger partial charge in [-0.15, -0.1) is 0 Å². The Kier molecular flexibility index (Phi) is 7.07.